The van der Waals surface area contributed by atoms with E-state index >= 15 is 0 Å². The van der Waals surface area contributed by atoms with Crippen molar-refractivity contribution >= 4 is 11.8 Å². The standard InChI is InChI=1S/C12H22N2O3/c1-9(2)7-13-12(16)10-6-11(15)14(8-10)4-5-17-3/h9-10H,4-8H2,1-3H3,(H,13,16)/t10-/m0/s1. The Morgan fingerprint density at radius 1 is 1.59 bits per heavy atom. The lowest BCUT2D eigenvalue weighted by molar-refractivity contribution is -0.129. The van der Waals surface area contributed by atoms with Crippen LogP contribution < -0.4 is 5.32 Å². The Labute approximate surface area is 102 Å². The molecule has 17 heavy (non-hydrogen) atoms. The summed E-state index contributed by atoms with van der Waals surface area (Å²) >= 11 is 0. The molecule has 0 bridgehead atoms. The van der Waals surface area contributed by atoms with Crippen molar-refractivity contribution in [3.63, 3.8) is 0 Å². The number of methoxy groups -OCH3 is 1. The molecule has 1 aliphatic heterocycles. The molecule has 0 unspecified atom stereocenters. The molecule has 1 atom stereocenters. The number of amides is 2. The first-order valence-electron chi connectivity index (χ1n) is 6.09. The van der Waals surface area contributed by atoms with E-state index in [4.69, 9.17) is 4.74 Å². The lowest BCUT2D eigenvalue weighted by Gasteiger charge is -2.16. The molecule has 1 aliphatic rings. The van der Waals surface area contributed by atoms with E-state index in [0.29, 0.717) is 38.6 Å². The molecule has 1 N–H and O–H groups in total. The Morgan fingerprint density at radius 2 is 2.29 bits per heavy atom. The molecule has 5 nitrogen and oxygen atoms in total. The van der Waals surface area contributed by atoms with Gasteiger partial charge in [0.15, 0.2) is 0 Å². The van der Waals surface area contributed by atoms with Gasteiger partial charge in [-0.1, -0.05) is 13.8 Å². The normalized spacial score (nSPS) is 20.1. The minimum Gasteiger partial charge on any atom is -0.383 e. The molecule has 0 aromatic rings. The van der Waals surface area contributed by atoms with Crippen LogP contribution in [0.15, 0.2) is 0 Å². The van der Waals surface area contributed by atoms with Gasteiger partial charge in [0, 0.05) is 33.2 Å². The summed E-state index contributed by atoms with van der Waals surface area (Å²) in [7, 11) is 1.60. The molecule has 2 amide bonds. The third kappa shape index (κ3) is 4.34. The number of nitrogens with one attached hydrogen (secondary N) is 1. The maximum atomic E-state index is 11.8. The molecule has 0 aliphatic carbocycles. The van der Waals surface area contributed by atoms with Crippen LogP contribution in [0.3, 0.4) is 0 Å². The van der Waals surface area contributed by atoms with E-state index in [9.17, 15) is 9.59 Å². The fourth-order valence-electron chi connectivity index (χ4n) is 1.81. The third-order valence-electron chi connectivity index (χ3n) is 2.84. The molecule has 5 heteroatoms. The van der Waals surface area contributed by atoms with Crippen molar-refractivity contribution in [2.24, 2.45) is 11.8 Å². The first-order valence-corrected chi connectivity index (χ1v) is 6.09. The van der Waals surface area contributed by atoms with Gasteiger partial charge in [0.05, 0.1) is 12.5 Å². The molecule has 1 heterocycles. The van der Waals surface area contributed by atoms with Crippen molar-refractivity contribution in [1.82, 2.24) is 10.2 Å². The molecular formula is C12H22N2O3. The molecule has 1 rings (SSSR count). The number of nitrogens with zero attached hydrogens (tertiary/aromatic N) is 1. The summed E-state index contributed by atoms with van der Waals surface area (Å²) in [6.45, 7) is 6.37. The zero-order chi connectivity index (χ0) is 12.8. The van der Waals surface area contributed by atoms with Crippen molar-refractivity contribution in [3.8, 4) is 0 Å². The van der Waals surface area contributed by atoms with Gasteiger partial charge in [0.1, 0.15) is 0 Å². The lowest BCUT2D eigenvalue weighted by atomic mass is 10.1. The topological polar surface area (TPSA) is 58.6 Å². The summed E-state index contributed by atoms with van der Waals surface area (Å²) in [5.74, 6) is 0.275. The van der Waals surface area contributed by atoms with E-state index in [2.05, 4.69) is 5.32 Å². The Balaban J connectivity index is 2.37. The summed E-state index contributed by atoms with van der Waals surface area (Å²) in [6, 6.07) is 0. The second kappa shape index (κ2) is 6.59. The summed E-state index contributed by atoms with van der Waals surface area (Å²) in [4.78, 5) is 25.1. The van der Waals surface area contributed by atoms with Crippen molar-refractivity contribution < 1.29 is 14.3 Å². The van der Waals surface area contributed by atoms with E-state index in [0.717, 1.165) is 0 Å². The number of carbonyl (C=O) groups is 2. The van der Waals surface area contributed by atoms with Crippen molar-refractivity contribution in [3.05, 3.63) is 0 Å². The van der Waals surface area contributed by atoms with Gasteiger partial charge in [0.25, 0.3) is 0 Å². The van der Waals surface area contributed by atoms with E-state index in [1.165, 1.54) is 0 Å². The summed E-state index contributed by atoms with van der Waals surface area (Å²) in [5, 5.41) is 2.87. The maximum absolute atomic E-state index is 11.8. The SMILES string of the molecule is COCCN1C[C@@H](C(=O)NCC(C)C)CC1=O. The highest BCUT2D eigenvalue weighted by Gasteiger charge is 2.33. The molecule has 98 valence electrons. The van der Waals surface area contributed by atoms with E-state index in [1.807, 2.05) is 13.8 Å². The average Bonchev–Trinajstić information content (AvgIpc) is 2.65. The highest BCUT2D eigenvalue weighted by Crippen LogP contribution is 2.17. The van der Waals surface area contributed by atoms with Crippen LogP contribution in [0.1, 0.15) is 20.3 Å². The minimum absolute atomic E-state index is 0.00744. The van der Waals surface area contributed by atoms with Gasteiger partial charge in [-0.15, -0.1) is 0 Å². The van der Waals surface area contributed by atoms with Crippen LogP contribution >= 0.6 is 0 Å². The minimum atomic E-state index is -0.196. The lowest BCUT2D eigenvalue weighted by Crippen LogP contribution is -2.35. The first kappa shape index (κ1) is 14.0. The Bertz CT molecular complexity index is 279. The average molecular weight is 242 g/mol. The molecule has 0 saturated carbocycles. The van der Waals surface area contributed by atoms with Crippen molar-refractivity contribution in [1.29, 1.82) is 0 Å². The van der Waals surface area contributed by atoms with Crippen LogP contribution in [0.5, 0.6) is 0 Å². The highest BCUT2D eigenvalue weighted by atomic mass is 16.5. The van der Waals surface area contributed by atoms with Crippen LogP contribution in [0, 0.1) is 11.8 Å². The summed E-state index contributed by atoms with van der Waals surface area (Å²) in [6.07, 6.45) is 0.327. The van der Waals surface area contributed by atoms with Gasteiger partial charge < -0.3 is 15.0 Å². The number of hydrogen-bond donors (Lipinski definition) is 1. The molecule has 1 saturated heterocycles. The predicted octanol–water partition coefficient (Wildman–Crippen LogP) is 0.254. The molecule has 0 radical (unpaired) electrons. The monoisotopic (exact) mass is 242 g/mol. The number of likely N-dealkylation sites (tertiary alicyclic amines) is 1. The second-order valence-electron chi connectivity index (χ2n) is 4.87. The van der Waals surface area contributed by atoms with Gasteiger partial charge >= 0.3 is 0 Å². The van der Waals surface area contributed by atoms with Crippen LogP contribution in [0.4, 0.5) is 0 Å². The quantitative estimate of drug-likeness (QED) is 0.726. The maximum Gasteiger partial charge on any atom is 0.225 e. The second-order valence-corrected chi connectivity index (χ2v) is 4.87. The molecule has 0 spiro atoms. The van der Waals surface area contributed by atoms with Crippen molar-refractivity contribution in [2.45, 2.75) is 20.3 Å². The zero-order valence-corrected chi connectivity index (χ0v) is 10.9. The van der Waals surface area contributed by atoms with Crippen LogP contribution in [-0.4, -0.2) is 50.1 Å². The van der Waals surface area contributed by atoms with Crippen LogP contribution in [0.25, 0.3) is 0 Å². The van der Waals surface area contributed by atoms with Crippen LogP contribution in [-0.2, 0) is 14.3 Å². The zero-order valence-electron chi connectivity index (χ0n) is 10.9. The molecule has 1 fully saturated rings. The van der Waals surface area contributed by atoms with Gasteiger partial charge in [-0.2, -0.15) is 0 Å². The Hall–Kier alpha value is -1.10. The highest BCUT2D eigenvalue weighted by molar-refractivity contribution is 5.89. The number of carbonyl (C=O) groups excluding carboxylic acids is 2. The summed E-state index contributed by atoms with van der Waals surface area (Å²) < 4.78 is 4.93. The number of ether oxygens (including phenoxy) is 1. The summed E-state index contributed by atoms with van der Waals surface area (Å²) in [5.41, 5.74) is 0. The number of hydrogen-bond acceptors (Lipinski definition) is 3. The van der Waals surface area contributed by atoms with E-state index in [-0.39, 0.29) is 17.7 Å². The Morgan fingerprint density at radius 3 is 2.88 bits per heavy atom. The molecule has 0 aromatic heterocycles. The smallest absolute Gasteiger partial charge is 0.225 e. The molecular weight excluding hydrogens is 220 g/mol. The Kier molecular flexibility index (Phi) is 5.41. The van der Waals surface area contributed by atoms with Gasteiger partial charge in [-0.05, 0) is 5.92 Å². The van der Waals surface area contributed by atoms with Crippen molar-refractivity contribution in [2.75, 3.05) is 33.4 Å². The fourth-order valence-corrected chi connectivity index (χ4v) is 1.81. The van der Waals surface area contributed by atoms with Gasteiger partial charge in [-0.3, -0.25) is 9.59 Å². The van der Waals surface area contributed by atoms with Gasteiger partial charge in [-0.25, -0.2) is 0 Å². The van der Waals surface area contributed by atoms with E-state index in [1.54, 1.807) is 12.0 Å². The number of rotatable bonds is 6. The van der Waals surface area contributed by atoms with Gasteiger partial charge in [0.2, 0.25) is 11.8 Å². The largest absolute Gasteiger partial charge is 0.383 e. The first-order chi connectivity index (χ1) is 8.04. The molecule has 0 aromatic carbocycles. The third-order valence-corrected chi connectivity index (χ3v) is 2.84. The van der Waals surface area contributed by atoms with Crippen LogP contribution in [0.2, 0.25) is 0 Å². The predicted molar refractivity (Wildman–Crippen MR) is 64.4 cm³/mol. The van der Waals surface area contributed by atoms with E-state index < -0.39 is 0 Å². The fraction of sp³-hybridized carbons (Fsp3) is 0.833.